The molecule has 0 heterocycles. The second kappa shape index (κ2) is 5.49. The second-order valence-electron chi connectivity index (χ2n) is 2.14. The SMILES string of the molecule is CC.NOc1ccc(C(F)(F)F)cc1. The van der Waals surface area contributed by atoms with Crippen LogP contribution < -0.4 is 10.7 Å². The normalized spacial score (nSPS) is 10.1. The Balaban J connectivity index is 0.000000791. The van der Waals surface area contributed by atoms with Crippen LogP contribution >= 0.6 is 0 Å². The summed E-state index contributed by atoms with van der Waals surface area (Å²) < 4.78 is 35.9. The van der Waals surface area contributed by atoms with Crippen molar-refractivity contribution in [3.8, 4) is 5.75 Å². The lowest BCUT2D eigenvalue weighted by Crippen LogP contribution is -2.06. The molecule has 0 fully saturated rings. The first-order valence-corrected chi connectivity index (χ1v) is 4.08. The van der Waals surface area contributed by atoms with E-state index in [4.69, 9.17) is 5.90 Å². The fraction of sp³-hybridized carbons (Fsp3) is 0.333. The minimum absolute atomic E-state index is 0.197. The van der Waals surface area contributed by atoms with Crippen LogP contribution in [-0.4, -0.2) is 0 Å². The van der Waals surface area contributed by atoms with Gasteiger partial charge in [0.05, 0.1) is 5.56 Å². The molecule has 0 saturated heterocycles. The molecule has 0 aliphatic rings. The molecule has 14 heavy (non-hydrogen) atoms. The van der Waals surface area contributed by atoms with Crippen molar-refractivity contribution in [3.63, 3.8) is 0 Å². The summed E-state index contributed by atoms with van der Waals surface area (Å²) in [7, 11) is 0. The van der Waals surface area contributed by atoms with Crippen LogP contribution in [0.25, 0.3) is 0 Å². The largest absolute Gasteiger partial charge is 0.416 e. The summed E-state index contributed by atoms with van der Waals surface area (Å²) in [6.45, 7) is 4.00. The average molecular weight is 207 g/mol. The molecule has 0 radical (unpaired) electrons. The highest BCUT2D eigenvalue weighted by Crippen LogP contribution is 2.29. The molecule has 0 atom stereocenters. The van der Waals surface area contributed by atoms with Crippen molar-refractivity contribution in [2.75, 3.05) is 0 Å². The highest BCUT2D eigenvalue weighted by atomic mass is 19.4. The summed E-state index contributed by atoms with van der Waals surface area (Å²) in [6, 6.07) is 4.12. The fourth-order valence-corrected chi connectivity index (χ4v) is 0.722. The van der Waals surface area contributed by atoms with Crippen LogP contribution in [-0.2, 0) is 6.18 Å². The predicted octanol–water partition coefficient (Wildman–Crippen LogP) is 2.98. The van der Waals surface area contributed by atoms with Gasteiger partial charge < -0.3 is 4.84 Å². The van der Waals surface area contributed by atoms with Gasteiger partial charge in [0.25, 0.3) is 0 Å². The number of nitrogens with two attached hydrogens (primary N) is 1. The molecule has 2 nitrogen and oxygen atoms in total. The first-order chi connectivity index (χ1) is 6.54. The Kier molecular flexibility index (Phi) is 5.01. The van der Waals surface area contributed by atoms with Gasteiger partial charge in [-0.15, -0.1) is 0 Å². The van der Waals surface area contributed by atoms with Gasteiger partial charge in [-0.1, -0.05) is 13.8 Å². The standard InChI is InChI=1S/C7H6F3NO.C2H6/c8-7(9,10)5-1-3-6(12-11)4-2-5;1-2/h1-4H,11H2;1-2H3. The van der Waals surface area contributed by atoms with Crippen LogP contribution in [0.1, 0.15) is 19.4 Å². The molecule has 0 saturated carbocycles. The van der Waals surface area contributed by atoms with Gasteiger partial charge in [-0.25, -0.2) is 0 Å². The third-order valence-electron chi connectivity index (χ3n) is 1.32. The molecule has 0 amide bonds. The molecule has 0 aromatic heterocycles. The maximum absolute atomic E-state index is 12.0. The second-order valence-corrected chi connectivity index (χ2v) is 2.14. The summed E-state index contributed by atoms with van der Waals surface area (Å²) in [5.41, 5.74) is -0.719. The van der Waals surface area contributed by atoms with Crippen molar-refractivity contribution in [2.24, 2.45) is 5.90 Å². The maximum atomic E-state index is 12.0. The zero-order valence-electron chi connectivity index (χ0n) is 7.93. The lowest BCUT2D eigenvalue weighted by molar-refractivity contribution is -0.137. The van der Waals surface area contributed by atoms with Crippen LogP contribution in [0.5, 0.6) is 5.75 Å². The number of hydrogen-bond acceptors (Lipinski definition) is 2. The minimum atomic E-state index is -4.31. The summed E-state index contributed by atoms with van der Waals surface area (Å²) in [5, 5.41) is 0. The van der Waals surface area contributed by atoms with E-state index in [0.717, 1.165) is 24.3 Å². The van der Waals surface area contributed by atoms with Gasteiger partial charge in [-0.3, -0.25) is 0 Å². The van der Waals surface area contributed by atoms with Crippen LogP contribution in [0.2, 0.25) is 0 Å². The first kappa shape index (κ1) is 12.8. The zero-order valence-corrected chi connectivity index (χ0v) is 7.93. The first-order valence-electron chi connectivity index (χ1n) is 4.08. The Morgan fingerprint density at radius 3 is 1.79 bits per heavy atom. The van der Waals surface area contributed by atoms with E-state index >= 15 is 0 Å². The third kappa shape index (κ3) is 3.66. The molecule has 0 spiro atoms. The Morgan fingerprint density at radius 2 is 1.50 bits per heavy atom. The molecule has 0 unspecified atom stereocenters. The van der Waals surface area contributed by atoms with E-state index < -0.39 is 11.7 Å². The highest BCUT2D eigenvalue weighted by molar-refractivity contribution is 5.28. The lowest BCUT2D eigenvalue weighted by Gasteiger charge is -2.06. The Hall–Kier alpha value is -1.23. The van der Waals surface area contributed by atoms with Gasteiger partial charge in [0, 0.05) is 0 Å². The number of hydrogen-bond donors (Lipinski definition) is 1. The van der Waals surface area contributed by atoms with Gasteiger partial charge in [-0.05, 0) is 24.3 Å². The summed E-state index contributed by atoms with van der Waals surface area (Å²) in [6.07, 6.45) is -4.31. The smallest absolute Gasteiger partial charge is 0.412 e. The van der Waals surface area contributed by atoms with Crippen molar-refractivity contribution in [1.29, 1.82) is 0 Å². The Bertz CT molecular complexity index is 256. The molecular weight excluding hydrogens is 195 g/mol. The Morgan fingerprint density at radius 1 is 1.07 bits per heavy atom. The quantitative estimate of drug-likeness (QED) is 0.718. The van der Waals surface area contributed by atoms with E-state index in [2.05, 4.69) is 4.84 Å². The molecule has 0 aliphatic heterocycles. The van der Waals surface area contributed by atoms with Crippen LogP contribution in [0.15, 0.2) is 24.3 Å². The summed E-state index contributed by atoms with van der Waals surface area (Å²) >= 11 is 0. The summed E-state index contributed by atoms with van der Waals surface area (Å²) in [5.74, 6) is 4.92. The number of rotatable bonds is 1. The molecular formula is C9H12F3NO. The molecule has 1 rings (SSSR count). The maximum Gasteiger partial charge on any atom is 0.416 e. The minimum Gasteiger partial charge on any atom is -0.412 e. The van der Waals surface area contributed by atoms with Gasteiger partial charge in [-0.2, -0.15) is 19.1 Å². The zero-order chi connectivity index (χ0) is 11.2. The average Bonchev–Trinajstić information content (AvgIpc) is 2.20. The molecule has 0 bridgehead atoms. The fourth-order valence-electron chi connectivity index (χ4n) is 0.722. The Labute approximate surface area is 80.4 Å². The van der Waals surface area contributed by atoms with E-state index in [-0.39, 0.29) is 5.75 Å². The number of benzene rings is 1. The summed E-state index contributed by atoms with van der Waals surface area (Å²) in [4.78, 5) is 4.21. The van der Waals surface area contributed by atoms with Gasteiger partial charge in [0.15, 0.2) is 0 Å². The molecule has 80 valence electrons. The van der Waals surface area contributed by atoms with Crippen molar-refractivity contribution >= 4 is 0 Å². The van der Waals surface area contributed by atoms with Crippen LogP contribution in [0.4, 0.5) is 13.2 Å². The van der Waals surface area contributed by atoms with E-state index in [9.17, 15) is 13.2 Å². The van der Waals surface area contributed by atoms with Crippen molar-refractivity contribution in [3.05, 3.63) is 29.8 Å². The molecule has 2 N–H and O–H groups in total. The van der Waals surface area contributed by atoms with E-state index in [1.54, 1.807) is 0 Å². The molecule has 5 heteroatoms. The van der Waals surface area contributed by atoms with E-state index in [0.29, 0.717) is 0 Å². The third-order valence-corrected chi connectivity index (χ3v) is 1.32. The number of halogens is 3. The molecule has 0 aliphatic carbocycles. The molecule has 1 aromatic carbocycles. The molecule has 1 aromatic rings. The van der Waals surface area contributed by atoms with Gasteiger partial charge in [0.2, 0.25) is 0 Å². The predicted molar refractivity (Wildman–Crippen MR) is 47.6 cm³/mol. The van der Waals surface area contributed by atoms with Crippen LogP contribution in [0, 0.1) is 0 Å². The topological polar surface area (TPSA) is 35.2 Å². The van der Waals surface area contributed by atoms with Gasteiger partial charge in [0.1, 0.15) is 5.75 Å². The lowest BCUT2D eigenvalue weighted by atomic mass is 10.2. The van der Waals surface area contributed by atoms with Crippen LogP contribution in [0.3, 0.4) is 0 Å². The van der Waals surface area contributed by atoms with Crippen molar-refractivity contribution in [1.82, 2.24) is 0 Å². The van der Waals surface area contributed by atoms with Gasteiger partial charge >= 0.3 is 6.18 Å². The number of alkyl halides is 3. The van der Waals surface area contributed by atoms with Crippen molar-refractivity contribution < 1.29 is 18.0 Å². The monoisotopic (exact) mass is 207 g/mol. The highest BCUT2D eigenvalue weighted by Gasteiger charge is 2.29. The van der Waals surface area contributed by atoms with Crippen molar-refractivity contribution in [2.45, 2.75) is 20.0 Å². The van der Waals surface area contributed by atoms with E-state index in [1.807, 2.05) is 13.8 Å². The van der Waals surface area contributed by atoms with E-state index in [1.165, 1.54) is 0 Å².